The summed E-state index contributed by atoms with van der Waals surface area (Å²) in [5.41, 5.74) is 3.58. The Morgan fingerprint density at radius 3 is 2.59 bits per heavy atom. The molecule has 0 amide bonds. The summed E-state index contributed by atoms with van der Waals surface area (Å²) in [6, 6.07) is 27.6. The zero-order valence-electron chi connectivity index (χ0n) is 18.4. The molecule has 0 saturated heterocycles. The molecule has 0 unspecified atom stereocenters. The minimum absolute atomic E-state index is 0.0880. The number of carbonyl (C=O) groups is 1. The number of hydrogen-bond donors (Lipinski definition) is 0. The van der Waals surface area contributed by atoms with Crippen LogP contribution in [0, 0.1) is 0 Å². The van der Waals surface area contributed by atoms with Crippen LogP contribution < -0.4 is 9.47 Å². The van der Waals surface area contributed by atoms with Crippen molar-refractivity contribution in [1.29, 1.82) is 0 Å². The maximum absolute atomic E-state index is 13.6. The number of methoxy groups -OCH3 is 1. The van der Waals surface area contributed by atoms with Gasteiger partial charge in [0.15, 0.2) is 0 Å². The molecule has 0 saturated carbocycles. The summed E-state index contributed by atoms with van der Waals surface area (Å²) in [6.45, 7) is 0. The van der Waals surface area contributed by atoms with Gasteiger partial charge in [-0.25, -0.2) is 5.01 Å². The second-order valence-corrected chi connectivity index (χ2v) is 9.37. The number of Topliss-reactive ketones (excluding diaryl/α,β-unsaturated/α-hetero) is 1. The summed E-state index contributed by atoms with van der Waals surface area (Å²) in [7, 11) is 1.61. The molecule has 2 atom stereocenters. The molecule has 0 radical (unpaired) electrons. The van der Waals surface area contributed by atoms with E-state index in [2.05, 4.69) is 52.3 Å². The third-order valence-electron chi connectivity index (χ3n) is 6.43. The van der Waals surface area contributed by atoms with Gasteiger partial charge in [0, 0.05) is 22.0 Å². The van der Waals surface area contributed by atoms with E-state index in [-0.39, 0.29) is 11.8 Å². The van der Waals surface area contributed by atoms with E-state index in [1.54, 1.807) is 31.4 Å². The molecule has 6 heteroatoms. The van der Waals surface area contributed by atoms with Crippen LogP contribution in [0.3, 0.4) is 0 Å². The van der Waals surface area contributed by atoms with Gasteiger partial charge in [-0.3, -0.25) is 4.79 Å². The summed E-state index contributed by atoms with van der Waals surface area (Å²) in [4.78, 5) is 13.6. The minimum atomic E-state index is -0.843. The number of fused-ring (bicyclic) bond motifs is 4. The van der Waals surface area contributed by atoms with E-state index in [0.29, 0.717) is 23.5 Å². The summed E-state index contributed by atoms with van der Waals surface area (Å²) in [5.74, 6) is 1.28. The second kappa shape index (κ2) is 8.29. The Labute approximate surface area is 205 Å². The van der Waals surface area contributed by atoms with Gasteiger partial charge in [0.25, 0.3) is 6.23 Å². The third-order valence-corrected chi connectivity index (χ3v) is 6.93. The molecule has 0 bridgehead atoms. The van der Waals surface area contributed by atoms with Gasteiger partial charge in [-0.2, -0.15) is 5.10 Å². The second-order valence-electron chi connectivity index (χ2n) is 8.45. The number of halogens is 1. The molecule has 5 nitrogen and oxygen atoms in total. The van der Waals surface area contributed by atoms with Gasteiger partial charge in [0.1, 0.15) is 11.5 Å². The summed E-state index contributed by atoms with van der Waals surface area (Å²) in [5, 5.41) is 9.12. The van der Waals surface area contributed by atoms with E-state index in [0.717, 1.165) is 26.7 Å². The number of benzene rings is 4. The third kappa shape index (κ3) is 3.55. The highest BCUT2D eigenvalue weighted by Crippen LogP contribution is 2.44. The van der Waals surface area contributed by atoms with Gasteiger partial charge in [-0.1, -0.05) is 52.3 Å². The number of carbonyl (C=O) groups excluding carboxylic acids is 1. The van der Waals surface area contributed by atoms with Crippen molar-refractivity contribution >= 4 is 38.2 Å². The van der Waals surface area contributed by atoms with E-state index in [4.69, 9.17) is 14.6 Å². The molecule has 0 aliphatic carbocycles. The fraction of sp³-hybridized carbons (Fsp3) is 0.143. The lowest BCUT2D eigenvalue weighted by Crippen LogP contribution is -2.45. The number of nitrogens with zero attached hydrogens (tertiary/aromatic N) is 2. The van der Waals surface area contributed by atoms with Gasteiger partial charge in [-0.15, -0.1) is 0 Å². The van der Waals surface area contributed by atoms with Crippen LogP contribution in [-0.4, -0.2) is 29.8 Å². The number of ether oxygens (including phenoxy) is 2. The fourth-order valence-electron chi connectivity index (χ4n) is 4.67. The molecule has 2 heterocycles. The smallest absolute Gasteiger partial charge is 0.251 e. The predicted octanol–water partition coefficient (Wildman–Crippen LogP) is 6.36. The van der Waals surface area contributed by atoms with E-state index in [1.165, 1.54) is 5.39 Å². The Morgan fingerprint density at radius 1 is 1.00 bits per heavy atom. The molecule has 0 aromatic heterocycles. The normalized spacial score (nSPS) is 18.6. The number of ketones is 1. The Morgan fingerprint density at radius 2 is 1.79 bits per heavy atom. The van der Waals surface area contributed by atoms with Gasteiger partial charge in [-0.05, 0) is 64.9 Å². The first kappa shape index (κ1) is 20.9. The van der Waals surface area contributed by atoms with Crippen LogP contribution in [0.4, 0.5) is 0 Å². The fourth-order valence-corrected chi connectivity index (χ4v) is 5.05. The highest BCUT2D eigenvalue weighted by atomic mass is 79.9. The van der Waals surface area contributed by atoms with E-state index in [9.17, 15) is 4.79 Å². The van der Waals surface area contributed by atoms with Gasteiger partial charge < -0.3 is 9.47 Å². The molecule has 0 fully saturated rings. The standard InChI is InChI=1S/C28H21BrN2O3/c1-33-22-11-8-18(9-12-22)27(32)28-31-25(23-15-21(29)10-13-26(23)34-28)16-24(30-31)20-7-6-17-4-2-3-5-19(17)14-20/h2-15,25,28H,16H2,1H3/t25-,28+/m0/s1. The Balaban J connectivity index is 1.41. The number of hydrogen-bond acceptors (Lipinski definition) is 5. The van der Waals surface area contributed by atoms with Crippen LogP contribution in [-0.2, 0) is 0 Å². The highest BCUT2D eigenvalue weighted by molar-refractivity contribution is 9.10. The SMILES string of the molecule is COc1ccc(C(=O)[C@H]2Oc3ccc(Br)cc3[C@@H]3CC(c4ccc5ccccc5c4)=NN23)cc1. The lowest BCUT2D eigenvalue weighted by atomic mass is 9.95. The van der Waals surface area contributed by atoms with Crippen LogP contribution in [0.1, 0.15) is 33.9 Å². The average molecular weight is 513 g/mol. The molecule has 4 aromatic carbocycles. The first-order chi connectivity index (χ1) is 16.6. The zero-order valence-corrected chi connectivity index (χ0v) is 20.0. The first-order valence-corrected chi connectivity index (χ1v) is 11.9. The van der Waals surface area contributed by atoms with Crippen molar-refractivity contribution in [2.75, 3.05) is 7.11 Å². The Bertz CT molecular complexity index is 1450. The molecule has 4 aromatic rings. The minimum Gasteiger partial charge on any atom is -0.497 e. The monoisotopic (exact) mass is 512 g/mol. The van der Waals surface area contributed by atoms with Crippen molar-refractivity contribution in [2.24, 2.45) is 5.10 Å². The van der Waals surface area contributed by atoms with Gasteiger partial charge in [0.05, 0.1) is 18.9 Å². The van der Waals surface area contributed by atoms with Crippen LogP contribution >= 0.6 is 15.9 Å². The highest BCUT2D eigenvalue weighted by Gasteiger charge is 2.43. The van der Waals surface area contributed by atoms with Gasteiger partial charge >= 0.3 is 0 Å². The van der Waals surface area contributed by atoms with Crippen LogP contribution in [0.2, 0.25) is 0 Å². The van der Waals surface area contributed by atoms with Gasteiger partial charge in [0.2, 0.25) is 5.78 Å². The molecule has 168 valence electrons. The summed E-state index contributed by atoms with van der Waals surface area (Å²) in [6.07, 6.45) is -0.151. The van der Waals surface area contributed by atoms with E-state index in [1.807, 2.05) is 29.3 Å². The molecule has 2 aliphatic rings. The maximum Gasteiger partial charge on any atom is 0.251 e. The predicted molar refractivity (Wildman–Crippen MR) is 136 cm³/mol. The zero-order chi connectivity index (χ0) is 23.2. The first-order valence-electron chi connectivity index (χ1n) is 11.1. The van der Waals surface area contributed by atoms with Crippen LogP contribution in [0.15, 0.2) is 94.5 Å². The summed E-state index contributed by atoms with van der Waals surface area (Å²) < 4.78 is 12.4. The van der Waals surface area contributed by atoms with Crippen molar-refractivity contribution in [3.8, 4) is 11.5 Å². The van der Waals surface area contributed by atoms with Crippen molar-refractivity contribution in [3.05, 3.63) is 106 Å². The van der Waals surface area contributed by atoms with Crippen LogP contribution in [0.25, 0.3) is 10.8 Å². The molecular weight excluding hydrogens is 492 g/mol. The average Bonchev–Trinajstić information content (AvgIpc) is 3.33. The molecule has 0 N–H and O–H groups in total. The lowest BCUT2D eigenvalue weighted by Gasteiger charge is -2.37. The lowest BCUT2D eigenvalue weighted by molar-refractivity contribution is -0.00459. The largest absolute Gasteiger partial charge is 0.497 e. The Hall–Kier alpha value is -3.64. The Kier molecular flexibility index (Phi) is 5.11. The topological polar surface area (TPSA) is 51.1 Å². The summed E-state index contributed by atoms with van der Waals surface area (Å²) >= 11 is 3.58. The van der Waals surface area contributed by atoms with E-state index >= 15 is 0 Å². The molecule has 0 spiro atoms. The number of hydrazone groups is 1. The number of rotatable bonds is 4. The van der Waals surface area contributed by atoms with Crippen molar-refractivity contribution in [1.82, 2.24) is 5.01 Å². The van der Waals surface area contributed by atoms with Crippen molar-refractivity contribution < 1.29 is 14.3 Å². The molecule has 2 aliphatic heterocycles. The molecule has 34 heavy (non-hydrogen) atoms. The molecule has 6 rings (SSSR count). The van der Waals surface area contributed by atoms with Crippen LogP contribution in [0.5, 0.6) is 11.5 Å². The van der Waals surface area contributed by atoms with E-state index < -0.39 is 6.23 Å². The quantitative estimate of drug-likeness (QED) is 0.298. The van der Waals surface area contributed by atoms with Crippen molar-refractivity contribution in [3.63, 3.8) is 0 Å². The van der Waals surface area contributed by atoms with Crippen molar-refractivity contribution in [2.45, 2.75) is 18.7 Å². The maximum atomic E-state index is 13.6. The molecular formula is C28H21BrN2O3.